The summed E-state index contributed by atoms with van der Waals surface area (Å²) in [5.41, 5.74) is 1.25. The van der Waals surface area contributed by atoms with Crippen LogP contribution in [0.15, 0.2) is 17.0 Å². The van der Waals surface area contributed by atoms with Crippen molar-refractivity contribution in [3.05, 3.63) is 22.7 Å². The number of anilines is 1. The van der Waals surface area contributed by atoms with Crippen molar-refractivity contribution in [2.24, 2.45) is 0 Å². The maximum atomic E-state index is 12.5. The van der Waals surface area contributed by atoms with Gasteiger partial charge in [-0.3, -0.25) is 4.79 Å². The largest absolute Gasteiger partial charge is 0.325 e. The zero-order valence-electron chi connectivity index (χ0n) is 11.3. The fraction of sp³-hybridized carbons (Fsp3) is 0.462. The van der Waals surface area contributed by atoms with Gasteiger partial charge in [-0.25, -0.2) is 13.1 Å². The van der Waals surface area contributed by atoms with E-state index in [0.29, 0.717) is 11.3 Å². The summed E-state index contributed by atoms with van der Waals surface area (Å²) in [7, 11) is -3.68. The second kappa shape index (κ2) is 5.57. The van der Waals surface area contributed by atoms with Crippen molar-refractivity contribution in [3.8, 4) is 0 Å². The molecule has 0 spiro atoms. The Kier molecular flexibility index (Phi) is 3.92. The van der Waals surface area contributed by atoms with Crippen molar-refractivity contribution in [1.29, 1.82) is 0 Å². The van der Waals surface area contributed by atoms with E-state index >= 15 is 0 Å². The Morgan fingerprint density at radius 1 is 1.24 bits per heavy atom. The minimum Gasteiger partial charge on any atom is -0.325 e. The number of halogens is 1. The fourth-order valence-corrected chi connectivity index (χ4v) is 4.54. The molecule has 2 aliphatic heterocycles. The van der Waals surface area contributed by atoms with Crippen molar-refractivity contribution in [1.82, 2.24) is 10.0 Å². The molecular formula is C13H16ClN3O3S. The van der Waals surface area contributed by atoms with E-state index in [4.69, 9.17) is 11.6 Å². The summed E-state index contributed by atoms with van der Waals surface area (Å²) >= 11 is 6.08. The molecule has 1 saturated heterocycles. The number of nitrogens with one attached hydrogen (secondary N) is 3. The maximum absolute atomic E-state index is 12.5. The molecule has 0 aliphatic carbocycles. The molecular weight excluding hydrogens is 314 g/mol. The molecule has 0 atom stereocenters. The van der Waals surface area contributed by atoms with Gasteiger partial charge in [0.1, 0.15) is 4.90 Å². The summed E-state index contributed by atoms with van der Waals surface area (Å²) in [6.45, 7) is 1.59. The lowest BCUT2D eigenvalue weighted by molar-refractivity contribution is -0.115. The molecule has 6 nitrogen and oxygen atoms in total. The van der Waals surface area contributed by atoms with Crippen LogP contribution in [0.4, 0.5) is 5.69 Å². The lowest BCUT2D eigenvalue weighted by Gasteiger charge is -2.23. The third-order valence-corrected chi connectivity index (χ3v) is 5.72. The van der Waals surface area contributed by atoms with E-state index in [1.54, 1.807) is 0 Å². The third kappa shape index (κ3) is 3.06. The molecule has 1 amide bonds. The van der Waals surface area contributed by atoms with Crippen molar-refractivity contribution in [3.63, 3.8) is 0 Å². The van der Waals surface area contributed by atoms with E-state index in [1.807, 2.05) is 0 Å². The summed E-state index contributed by atoms with van der Waals surface area (Å²) in [5, 5.41) is 5.96. The number of hydrogen-bond donors (Lipinski definition) is 3. The number of carbonyl (C=O) groups excluding carboxylic acids is 1. The van der Waals surface area contributed by atoms with Gasteiger partial charge >= 0.3 is 0 Å². The first-order chi connectivity index (χ1) is 9.95. The van der Waals surface area contributed by atoms with Crippen LogP contribution in [0.2, 0.25) is 5.02 Å². The minimum atomic E-state index is -3.68. The van der Waals surface area contributed by atoms with Crippen LogP contribution in [0.1, 0.15) is 18.4 Å². The van der Waals surface area contributed by atoms with Crippen LogP contribution in [0.3, 0.4) is 0 Å². The van der Waals surface area contributed by atoms with Crippen LogP contribution in [-0.2, 0) is 21.2 Å². The Bertz CT molecular complexity index is 684. The molecule has 0 saturated carbocycles. The van der Waals surface area contributed by atoms with Crippen LogP contribution >= 0.6 is 11.6 Å². The van der Waals surface area contributed by atoms with E-state index in [9.17, 15) is 13.2 Å². The Hall–Kier alpha value is -1.15. The van der Waals surface area contributed by atoms with Crippen molar-refractivity contribution < 1.29 is 13.2 Å². The monoisotopic (exact) mass is 329 g/mol. The molecule has 114 valence electrons. The number of sulfonamides is 1. The maximum Gasteiger partial charge on any atom is 0.242 e. The van der Waals surface area contributed by atoms with Crippen molar-refractivity contribution in [2.75, 3.05) is 18.4 Å². The minimum absolute atomic E-state index is 0.0398. The topological polar surface area (TPSA) is 87.3 Å². The first kappa shape index (κ1) is 14.8. The Balaban J connectivity index is 1.88. The van der Waals surface area contributed by atoms with Gasteiger partial charge in [-0.05, 0) is 43.6 Å². The van der Waals surface area contributed by atoms with E-state index in [1.165, 1.54) is 12.1 Å². The predicted molar refractivity (Wildman–Crippen MR) is 80.0 cm³/mol. The van der Waals surface area contributed by atoms with Gasteiger partial charge in [0.15, 0.2) is 0 Å². The van der Waals surface area contributed by atoms with E-state index in [-0.39, 0.29) is 28.3 Å². The zero-order valence-corrected chi connectivity index (χ0v) is 12.9. The van der Waals surface area contributed by atoms with Crippen LogP contribution < -0.4 is 15.4 Å². The molecule has 0 bridgehead atoms. The molecule has 0 radical (unpaired) electrons. The lowest BCUT2D eigenvalue weighted by atomic mass is 10.1. The van der Waals surface area contributed by atoms with Crippen LogP contribution in [0, 0.1) is 0 Å². The van der Waals surface area contributed by atoms with Gasteiger partial charge in [-0.2, -0.15) is 0 Å². The van der Waals surface area contributed by atoms with Crippen molar-refractivity contribution >= 4 is 33.2 Å². The van der Waals surface area contributed by atoms with Crippen molar-refractivity contribution in [2.45, 2.75) is 30.2 Å². The number of rotatable bonds is 3. The lowest BCUT2D eigenvalue weighted by Crippen LogP contribution is -2.42. The number of fused-ring (bicyclic) bond motifs is 1. The Morgan fingerprint density at radius 2 is 1.95 bits per heavy atom. The van der Waals surface area contributed by atoms with E-state index in [2.05, 4.69) is 15.4 Å². The van der Waals surface area contributed by atoms with Gasteiger partial charge in [-0.15, -0.1) is 0 Å². The normalized spacial score (nSPS) is 19.4. The molecule has 0 unspecified atom stereocenters. The Morgan fingerprint density at radius 3 is 2.67 bits per heavy atom. The second-order valence-electron chi connectivity index (χ2n) is 5.31. The van der Waals surface area contributed by atoms with Crippen LogP contribution in [0.25, 0.3) is 0 Å². The fourth-order valence-electron chi connectivity index (χ4n) is 2.65. The van der Waals surface area contributed by atoms with Crippen LogP contribution in [-0.4, -0.2) is 33.5 Å². The van der Waals surface area contributed by atoms with Gasteiger partial charge in [0, 0.05) is 11.7 Å². The highest BCUT2D eigenvalue weighted by Gasteiger charge is 2.27. The van der Waals surface area contributed by atoms with Gasteiger partial charge in [0.05, 0.1) is 11.4 Å². The highest BCUT2D eigenvalue weighted by Crippen LogP contribution is 2.32. The predicted octanol–water partition coefficient (Wildman–Crippen LogP) is 0.865. The first-order valence-electron chi connectivity index (χ1n) is 6.81. The molecule has 0 aromatic heterocycles. The molecule has 1 aromatic carbocycles. The Labute approximate surface area is 128 Å². The molecule has 1 fully saturated rings. The van der Waals surface area contributed by atoms with Gasteiger partial charge in [0.2, 0.25) is 15.9 Å². The standard InChI is InChI=1S/C13H16ClN3O3S/c14-10-7-11-8(6-13(18)16-11)5-12(10)21(19,20)17-9-1-3-15-4-2-9/h5,7,9,15,17H,1-4,6H2,(H,16,18). The van der Waals surface area contributed by atoms with E-state index < -0.39 is 10.0 Å². The SMILES string of the molecule is O=C1Cc2cc(S(=O)(=O)NC3CCNCC3)c(Cl)cc2N1. The third-order valence-electron chi connectivity index (χ3n) is 3.73. The second-order valence-corrected chi connectivity index (χ2v) is 7.40. The quantitative estimate of drug-likeness (QED) is 0.767. The number of benzene rings is 1. The summed E-state index contributed by atoms with van der Waals surface area (Å²) in [6.07, 6.45) is 1.69. The summed E-state index contributed by atoms with van der Waals surface area (Å²) < 4.78 is 27.7. The van der Waals surface area contributed by atoms with Gasteiger partial charge in [-0.1, -0.05) is 11.6 Å². The molecule has 8 heteroatoms. The molecule has 2 heterocycles. The number of hydrogen-bond acceptors (Lipinski definition) is 4. The summed E-state index contributed by atoms with van der Waals surface area (Å²) in [4.78, 5) is 11.4. The smallest absolute Gasteiger partial charge is 0.242 e. The first-order valence-corrected chi connectivity index (χ1v) is 8.67. The highest BCUT2D eigenvalue weighted by atomic mass is 35.5. The average Bonchev–Trinajstić information content (AvgIpc) is 2.77. The molecule has 3 N–H and O–H groups in total. The molecule has 1 aromatic rings. The summed E-state index contributed by atoms with van der Waals surface area (Å²) in [6, 6.07) is 2.90. The molecule has 2 aliphatic rings. The number of carbonyl (C=O) groups is 1. The highest BCUT2D eigenvalue weighted by molar-refractivity contribution is 7.89. The van der Waals surface area contributed by atoms with E-state index in [0.717, 1.165) is 25.9 Å². The zero-order chi connectivity index (χ0) is 15.0. The number of amides is 1. The molecule has 3 rings (SSSR count). The van der Waals surface area contributed by atoms with Gasteiger partial charge in [0.25, 0.3) is 0 Å². The summed E-state index contributed by atoms with van der Waals surface area (Å²) in [5.74, 6) is -0.151. The van der Waals surface area contributed by atoms with Gasteiger partial charge < -0.3 is 10.6 Å². The average molecular weight is 330 g/mol. The van der Waals surface area contributed by atoms with Crippen LogP contribution in [0.5, 0.6) is 0 Å². The molecule has 21 heavy (non-hydrogen) atoms. The number of piperidine rings is 1.